The number of nitrogens with two attached hydrogens (primary N) is 1. The summed E-state index contributed by atoms with van der Waals surface area (Å²) >= 11 is 5.90. The van der Waals surface area contributed by atoms with Gasteiger partial charge in [0.1, 0.15) is 0 Å². The van der Waals surface area contributed by atoms with Gasteiger partial charge in [0.15, 0.2) is 0 Å². The number of sulfonamides is 1. The fourth-order valence-electron chi connectivity index (χ4n) is 3.40. The summed E-state index contributed by atoms with van der Waals surface area (Å²) in [5, 5.41) is 5.49. The Bertz CT molecular complexity index is 1140. The van der Waals surface area contributed by atoms with E-state index in [9.17, 15) is 8.42 Å². The number of rotatable bonds is 12. The van der Waals surface area contributed by atoms with E-state index in [2.05, 4.69) is 10.3 Å². The maximum Gasteiger partial charge on any atom is 0.243 e. The van der Waals surface area contributed by atoms with Crippen molar-refractivity contribution in [3.63, 3.8) is 0 Å². The van der Waals surface area contributed by atoms with Gasteiger partial charge < -0.3 is 11.1 Å². The minimum Gasteiger partial charge on any atom is -0.330 e. The molecule has 0 saturated heterocycles. The number of hydrogen-bond donors (Lipinski definition) is 2. The summed E-state index contributed by atoms with van der Waals surface area (Å²) in [4.78, 5) is 4.41. The van der Waals surface area contributed by atoms with Gasteiger partial charge in [-0.3, -0.25) is 4.98 Å². The Morgan fingerprint density at radius 1 is 1.00 bits per heavy atom. The highest BCUT2D eigenvalue weighted by Gasteiger charge is 2.25. The molecule has 0 saturated carbocycles. The van der Waals surface area contributed by atoms with Crippen LogP contribution in [0, 0.1) is 0 Å². The van der Waals surface area contributed by atoms with Crippen molar-refractivity contribution in [3.8, 4) is 0 Å². The molecule has 6 nitrogen and oxygen atoms in total. The summed E-state index contributed by atoms with van der Waals surface area (Å²) in [7, 11) is -3.65. The summed E-state index contributed by atoms with van der Waals surface area (Å²) in [6, 6.07) is 14.6. The van der Waals surface area contributed by atoms with Crippen LogP contribution in [0.5, 0.6) is 0 Å². The molecule has 1 heterocycles. The molecule has 0 atom stereocenters. The van der Waals surface area contributed by atoms with Gasteiger partial charge in [-0.25, -0.2) is 8.42 Å². The smallest absolute Gasteiger partial charge is 0.243 e. The molecule has 0 unspecified atom stereocenters. The lowest BCUT2D eigenvalue weighted by Gasteiger charge is -2.23. The summed E-state index contributed by atoms with van der Waals surface area (Å²) in [6.45, 7) is 2.53. The quantitative estimate of drug-likeness (QED) is 0.287. The zero-order valence-electron chi connectivity index (χ0n) is 19.2. The summed E-state index contributed by atoms with van der Waals surface area (Å²) in [5.41, 5.74) is 6.68. The number of pyridine rings is 1. The molecule has 3 rings (SSSR count). The van der Waals surface area contributed by atoms with Crippen molar-refractivity contribution in [2.75, 3.05) is 32.7 Å². The first kappa shape index (κ1) is 33.6. The van der Waals surface area contributed by atoms with Crippen LogP contribution in [0.3, 0.4) is 0 Å². The van der Waals surface area contributed by atoms with Gasteiger partial charge in [-0.1, -0.05) is 48.0 Å². The SMILES string of the molecule is Cl.Cl.Cl.NCCCCN(CCNCC=Cc1ccc(Cl)cc1)S(=O)(=O)c1cccc2cnccc12. The Morgan fingerprint density at radius 3 is 2.46 bits per heavy atom. The molecule has 0 spiro atoms. The van der Waals surface area contributed by atoms with Crippen LogP contribution in [0.15, 0.2) is 71.9 Å². The van der Waals surface area contributed by atoms with Gasteiger partial charge in [0.2, 0.25) is 10.0 Å². The van der Waals surface area contributed by atoms with E-state index in [1.807, 2.05) is 42.5 Å². The van der Waals surface area contributed by atoms with Crippen LogP contribution in [0.25, 0.3) is 16.8 Å². The van der Waals surface area contributed by atoms with Crippen molar-refractivity contribution in [1.29, 1.82) is 0 Å². The number of hydrogen-bond acceptors (Lipinski definition) is 5. The van der Waals surface area contributed by atoms with Crippen LogP contribution in [-0.2, 0) is 10.0 Å². The number of unbranched alkanes of at least 4 members (excludes halogenated alkanes) is 1. The van der Waals surface area contributed by atoms with Crippen molar-refractivity contribution in [2.45, 2.75) is 17.7 Å². The maximum atomic E-state index is 13.5. The van der Waals surface area contributed by atoms with Gasteiger partial charge in [-0.15, -0.1) is 37.2 Å². The fraction of sp³-hybridized carbons (Fsp3) is 0.292. The second kappa shape index (κ2) is 17.1. The number of nitrogens with zero attached hydrogens (tertiary/aromatic N) is 2. The second-order valence-electron chi connectivity index (χ2n) is 7.41. The fourth-order valence-corrected chi connectivity index (χ4v) is 5.22. The molecule has 3 N–H and O–H groups in total. The topological polar surface area (TPSA) is 88.3 Å². The molecule has 35 heavy (non-hydrogen) atoms. The first-order chi connectivity index (χ1) is 15.5. The van der Waals surface area contributed by atoms with E-state index >= 15 is 0 Å². The van der Waals surface area contributed by atoms with Gasteiger partial charge in [0.05, 0.1) is 4.90 Å². The Kier molecular flexibility index (Phi) is 16.4. The molecule has 0 amide bonds. The van der Waals surface area contributed by atoms with Crippen molar-refractivity contribution in [3.05, 3.63) is 77.6 Å². The third kappa shape index (κ3) is 9.86. The summed E-state index contributed by atoms with van der Waals surface area (Å²) in [5.74, 6) is 0. The van der Waals surface area contributed by atoms with E-state index in [-0.39, 0.29) is 37.2 Å². The predicted octanol–water partition coefficient (Wildman–Crippen LogP) is 5.19. The Hall–Kier alpha value is -1.42. The lowest BCUT2D eigenvalue weighted by atomic mass is 10.2. The van der Waals surface area contributed by atoms with Crippen LogP contribution in [0.2, 0.25) is 5.02 Å². The highest BCUT2D eigenvalue weighted by molar-refractivity contribution is 7.89. The van der Waals surface area contributed by atoms with Crippen molar-refractivity contribution >= 4 is 75.7 Å². The largest absolute Gasteiger partial charge is 0.330 e. The zero-order valence-corrected chi connectivity index (χ0v) is 23.2. The normalized spacial score (nSPS) is 11.2. The standard InChI is InChI=1S/C24H29ClN4O2S.3ClH/c25-22-10-8-20(9-11-22)5-4-14-27-16-18-29(17-2-1-13-26)32(30,31)24-7-3-6-21-19-28-15-12-23(21)24;;;/h3-12,15,19,27H,1-2,13-14,16-18,26H2;3*1H. The number of fused-ring (bicyclic) bond motifs is 1. The number of nitrogens with one attached hydrogen (secondary N) is 1. The maximum absolute atomic E-state index is 13.5. The third-order valence-corrected chi connectivity index (χ3v) is 7.31. The van der Waals surface area contributed by atoms with Crippen molar-refractivity contribution < 1.29 is 8.42 Å². The average molecular weight is 582 g/mol. The van der Waals surface area contributed by atoms with E-state index in [0.29, 0.717) is 48.0 Å². The van der Waals surface area contributed by atoms with Gasteiger partial charge in [0, 0.05) is 54.4 Å². The van der Waals surface area contributed by atoms with Crippen molar-refractivity contribution in [2.24, 2.45) is 5.73 Å². The molecule has 0 aliphatic rings. The number of benzene rings is 2. The van der Waals surface area contributed by atoms with E-state index < -0.39 is 10.0 Å². The molecular formula is C24H32Cl4N4O2S. The van der Waals surface area contributed by atoms with Crippen molar-refractivity contribution in [1.82, 2.24) is 14.6 Å². The first-order valence-corrected chi connectivity index (χ1v) is 12.5. The minimum absolute atomic E-state index is 0. The highest BCUT2D eigenvalue weighted by atomic mass is 35.5. The monoisotopic (exact) mass is 580 g/mol. The predicted molar refractivity (Wildman–Crippen MR) is 154 cm³/mol. The Morgan fingerprint density at radius 2 is 1.74 bits per heavy atom. The molecule has 11 heteroatoms. The molecule has 0 aliphatic carbocycles. The van der Waals surface area contributed by atoms with Crippen LogP contribution in [0.4, 0.5) is 0 Å². The first-order valence-electron chi connectivity index (χ1n) is 10.7. The number of halogens is 4. The molecule has 2 aromatic carbocycles. The molecule has 0 radical (unpaired) electrons. The molecule has 3 aromatic rings. The van der Waals surface area contributed by atoms with Gasteiger partial charge in [-0.2, -0.15) is 4.31 Å². The summed E-state index contributed by atoms with van der Waals surface area (Å²) < 4.78 is 28.5. The van der Waals surface area contributed by atoms with E-state index in [4.69, 9.17) is 17.3 Å². The Balaban J connectivity index is 0.00000385. The lowest BCUT2D eigenvalue weighted by Crippen LogP contribution is -2.38. The van der Waals surface area contributed by atoms with E-state index in [0.717, 1.165) is 23.8 Å². The molecule has 0 aliphatic heterocycles. The Labute approximate surface area is 231 Å². The second-order valence-corrected chi connectivity index (χ2v) is 9.75. The third-order valence-electron chi connectivity index (χ3n) is 5.10. The van der Waals surface area contributed by atoms with Gasteiger partial charge >= 0.3 is 0 Å². The molecule has 194 valence electrons. The average Bonchev–Trinajstić information content (AvgIpc) is 2.80. The highest BCUT2D eigenvalue weighted by Crippen LogP contribution is 2.25. The molecular weight excluding hydrogens is 550 g/mol. The van der Waals surface area contributed by atoms with Crippen LogP contribution >= 0.6 is 48.8 Å². The summed E-state index contributed by atoms with van der Waals surface area (Å²) in [6.07, 6.45) is 8.81. The zero-order chi connectivity index (χ0) is 22.8. The van der Waals surface area contributed by atoms with Crippen LogP contribution in [0.1, 0.15) is 18.4 Å². The van der Waals surface area contributed by atoms with Crippen LogP contribution < -0.4 is 11.1 Å². The van der Waals surface area contributed by atoms with E-state index in [1.165, 1.54) is 0 Å². The van der Waals surface area contributed by atoms with Gasteiger partial charge in [-0.05, 0) is 49.2 Å². The van der Waals surface area contributed by atoms with E-state index in [1.54, 1.807) is 34.9 Å². The molecule has 0 bridgehead atoms. The number of aromatic nitrogens is 1. The van der Waals surface area contributed by atoms with Crippen LogP contribution in [-0.4, -0.2) is 50.4 Å². The van der Waals surface area contributed by atoms with Gasteiger partial charge in [0.25, 0.3) is 0 Å². The lowest BCUT2D eigenvalue weighted by molar-refractivity contribution is 0.398. The molecule has 1 aromatic heterocycles. The molecule has 0 fully saturated rings. The minimum atomic E-state index is -3.65.